The largest absolute Gasteiger partial charge is 0.543 e. The van der Waals surface area contributed by atoms with E-state index in [1.165, 1.54) is 23.8 Å². The molecule has 1 unspecified atom stereocenters. The van der Waals surface area contributed by atoms with E-state index in [1.807, 2.05) is 30.0 Å². The van der Waals surface area contributed by atoms with Gasteiger partial charge in [0.05, 0.1) is 22.2 Å². The van der Waals surface area contributed by atoms with Gasteiger partial charge in [-0.15, -0.1) is 34.4 Å². The maximum Gasteiger partial charge on any atom is 0.276 e. The number of thioether (sulfide) groups is 1. The van der Waals surface area contributed by atoms with Crippen LogP contribution in [0.5, 0.6) is 0 Å². The predicted octanol–water partition coefficient (Wildman–Crippen LogP) is -0.614. The number of nitrogens with one attached hydrogen (secondary N) is 1. The highest BCUT2D eigenvalue weighted by Crippen LogP contribution is 2.40. The van der Waals surface area contributed by atoms with Crippen molar-refractivity contribution >= 4 is 73.3 Å². The predicted molar refractivity (Wildman–Crippen MR) is 132 cm³/mol. The molecule has 3 N–H and O–H groups in total. The molecule has 2 atom stereocenters. The number of amides is 2. The summed E-state index contributed by atoms with van der Waals surface area (Å²) in [6.45, 7) is 2.19. The van der Waals surface area contributed by atoms with Crippen molar-refractivity contribution in [2.24, 2.45) is 5.16 Å². The van der Waals surface area contributed by atoms with Crippen LogP contribution in [0.25, 0.3) is 10.2 Å². The number of oxime groups is 1. The second-order valence-electron chi connectivity index (χ2n) is 7.89. The number of carbonyl (C=O) groups is 3. The summed E-state index contributed by atoms with van der Waals surface area (Å²) in [4.78, 5) is 52.3. The summed E-state index contributed by atoms with van der Waals surface area (Å²) in [5.41, 5.74) is 6.96. The minimum atomic E-state index is -1.44. The molecule has 0 saturated carbocycles. The lowest BCUT2D eigenvalue weighted by Gasteiger charge is -2.50. The van der Waals surface area contributed by atoms with Gasteiger partial charge >= 0.3 is 0 Å². The van der Waals surface area contributed by atoms with Crippen molar-refractivity contribution in [1.29, 1.82) is 0 Å². The number of β-lactam (4-membered cyclic amide) rings is 1. The number of anilines is 1. The molecule has 0 bridgehead atoms. The van der Waals surface area contributed by atoms with Crippen LogP contribution in [0.2, 0.25) is 0 Å². The Morgan fingerprint density at radius 3 is 2.92 bits per heavy atom. The molecule has 0 spiro atoms. The van der Waals surface area contributed by atoms with Crippen molar-refractivity contribution in [3.8, 4) is 0 Å². The third-order valence-electron chi connectivity index (χ3n) is 5.56. The summed E-state index contributed by atoms with van der Waals surface area (Å²) in [5.74, 6) is -2.33. The number of hydrogen-bond acceptors (Lipinski definition) is 12. The average molecular weight is 546 g/mol. The summed E-state index contributed by atoms with van der Waals surface area (Å²) >= 11 is 4.03. The van der Waals surface area contributed by atoms with Crippen LogP contribution in [0, 0.1) is 6.92 Å². The Balaban J connectivity index is 1.36. The smallest absolute Gasteiger partial charge is 0.276 e. The van der Waals surface area contributed by atoms with Gasteiger partial charge in [0.1, 0.15) is 28.9 Å². The van der Waals surface area contributed by atoms with Gasteiger partial charge in [-0.3, -0.25) is 14.5 Å². The molecule has 5 heterocycles. The molecule has 1 saturated heterocycles. The number of carbonyl (C=O) groups excluding carboxylic acids is 3. The fraction of sp³-hybridized carbons (Fsp3) is 0.286. The highest BCUT2D eigenvalue weighted by atomic mass is 32.2. The number of fused-ring (bicyclic) bond motifs is 2. The number of aryl methyl sites for hydroxylation is 1. The lowest BCUT2D eigenvalue weighted by Crippen LogP contribution is -2.71. The molecule has 0 aliphatic carbocycles. The van der Waals surface area contributed by atoms with E-state index in [-0.39, 0.29) is 28.8 Å². The van der Waals surface area contributed by atoms with E-state index >= 15 is 0 Å². The first-order valence-corrected chi connectivity index (χ1v) is 13.3. The zero-order chi connectivity index (χ0) is 25.6. The number of nitrogens with two attached hydrogens (primary N) is 1. The minimum Gasteiger partial charge on any atom is -0.543 e. The second kappa shape index (κ2) is 9.48. The second-order valence-corrected chi connectivity index (χ2v) is 11.1. The monoisotopic (exact) mass is 545 g/mol. The Morgan fingerprint density at radius 1 is 1.42 bits per heavy atom. The van der Waals surface area contributed by atoms with Crippen molar-refractivity contribution in [1.82, 2.24) is 20.2 Å². The molecule has 3 aromatic rings. The van der Waals surface area contributed by atoms with Crippen LogP contribution in [0.1, 0.15) is 10.7 Å². The van der Waals surface area contributed by atoms with E-state index in [1.54, 1.807) is 16.7 Å². The van der Waals surface area contributed by atoms with Crippen molar-refractivity contribution < 1.29 is 28.9 Å². The van der Waals surface area contributed by atoms with Crippen LogP contribution >= 0.6 is 34.4 Å². The highest BCUT2D eigenvalue weighted by Gasteiger charge is 2.53. The van der Waals surface area contributed by atoms with Crippen LogP contribution in [0.4, 0.5) is 5.13 Å². The van der Waals surface area contributed by atoms with E-state index < -0.39 is 29.2 Å². The normalized spacial score (nSPS) is 19.8. The maximum absolute atomic E-state index is 13.0. The van der Waals surface area contributed by atoms with Gasteiger partial charge in [0, 0.05) is 22.8 Å². The van der Waals surface area contributed by atoms with Gasteiger partial charge in [-0.2, -0.15) is 4.57 Å². The molecule has 2 aliphatic rings. The number of pyridine rings is 1. The summed E-state index contributed by atoms with van der Waals surface area (Å²) in [7, 11) is 1.28. The number of hydrogen-bond donors (Lipinski definition) is 2. The molecule has 5 rings (SSSR count). The fourth-order valence-corrected chi connectivity index (χ4v) is 6.80. The lowest BCUT2D eigenvalue weighted by molar-refractivity contribution is -0.687. The zero-order valence-corrected chi connectivity index (χ0v) is 21.4. The molecule has 15 heteroatoms. The molecule has 2 aliphatic heterocycles. The van der Waals surface area contributed by atoms with E-state index in [0.717, 1.165) is 26.6 Å². The number of aromatic nitrogens is 3. The molecular formula is C21H19N7O5S3. The first kappa shape index (κ1) is 24.1. The van der Waals surface area contributed by atoms with Crippen LogP contribution in [0.15, 0.2) is 40.3 Å². The van der Waals surface area contributed by atoms with Gasteiger partial charge in [-0.25, -0.2) is 9.97 Å². The molecule has 186 valence electrons. The topological polar surface area (TPSA) is 167 Å². The van der Waals surface area contributed by atoms with Crippen molar-refractivity contribution in [2.75, 3.05) is 18.6 Å². The summed E-state index contributed by atoms with van der Waals surface area (Å²) in [6.07, 6.45) is 3.72. The van der Waals surface area contributed by atoms with Crippen molar-refractivity contribution in [3.05, 3.63) is 45.8 Å². The van der Waals surface area contributed by atoms with Gasteiger partial charge < -0.3 is 25.8 Å². The Morgan fingerprint density at radius 2 is 2.22 bits per heavy atom. The first-order valence-electron chi connectivity index (χ1n) is 10.5. The summed E-state index contributed by atoms with van der Waals surface area (Å²) < 4.78 is 2.83. The Labute approximate surface area is 216 Å². The van der Waals surface area contributed by atoms with Gasteiger partial charge in [0.15, 0.2) is 29.8 Å². The Hall–Kier alpha value is -3.56. The number of nitrogens with zero attached hydrogens (tertiary/aromatic N) is 5. The number of rotatable bonds is 7. The number of nitrogen functional groups attached to an aromatic ring is 1. The lowest BCUT2D eigenvalue weighted by atomic mass is 10.0. The number of thiazole rings is 2. The number of carboxylic acid groups (broad SMARTS) is 1. The van der Waals surface area contributed by atoms with Crippen molar-refractivity contribution in [3.63, 3.8) is 0 Å². The summed E-state index contributed by atoms with van der Waals surface area (Å²) in [5, 5.41) is 20.5. The van der Waals surface area contributed by atoms with Crippen LogP contribution in [0.3, 0.4) is 0 Å². The Kier molecular flexibility index (Phi) is 6.36. The standard InChI is InChI=1S/C21H19N7O5S3/c1-9-23-11-3-4-27(6-13(11)36-9)5-10-7-34-19-15(18(30)28(19)16(10)20(31)32)25-17(29)14(26-33-2)12-8-35-21(22)24-12/h3-4,6,8,15,19H,5,7H2,1-2H3,(H3-,22,24,25,29,31,32)/t15?,19-/m0/s1. The summed E-state index contributed by atoms with van der Waals surface area (Å²) in [6, 6.07) is 0.923. The molecule has 0 radical (unpaired) electrons. The Bertz CT molecular complexity index is 1460. The molecular weight excluding hydrogens is 526 g/mol. The zero-order valence-electron chi connectivity index (χ0n) is 19.0. The van der Waals surface area contributed by atoms with Gasteiger partial charge in [0.2, 0.25) is 0 Å². The van der Waals surface area contributed by atoms with E-state index in [4.69, 9.17) is 10.6 Å². The van der Waals surface area contributed by atoms with Crippen LogP contribution < -0.4 is 20.7 Å². The quantitative estimate of drug-likeness (QED) is 0.170. The van der Waals surface area contributed by atoms with Gasteiger partial charge in [0.25, 0.3) is 11.8 Å². The van der Waals surface area contributed by atoms with E-state index in [2.05, 4.69) is 20.4 Å². The molecule has 36 heavy (non-hydrogen) atoms. The van der Waals surface area contributed by atoms with Gasteiger partial charge in [-0.1, -0.05) is 5.16 Å². The van der Waals surface area contributed by atoms with Crippen LogP contribution in [-0.4, -0.2) is 62.6 Å². The molecule has 3 aromatic heterocycles. The molecule has 2 amide bonds. The average Bonchev–Trinajstić information content (AvgIpc) is 3.44. The van der Waals surface area contributed by atoms with Crippen molar-refractivity contribution in [2.45, 2.75) is 24.9 Å². The maximum atomic E-state index is 13.0. The SMILES string of the molecule is CON=C(C(=O)NC1C(=O)N2C(C(=O)[O-])=C(C[n+]3ccc4nc(C)sc4c3)CS[C@@H]12)c1csc(N)n1. The molecule has 0 aromatic carbocycles. The van der Waals surface area contributed by atoms with E-state index in [9.17, 15) is 19.5 Å². The van der Waals surface area contributed by atoms with E-state index in [0.29, 0.717) is 11.3 Å². The third kappa shape index (κ3) is 4.29. The van der Waals surface area contributed by atoms with Crippen LogP contribution in [-0.2, 0) is 25.8 Å². The molecule has 12 nitrogen and oxygen atoms in total. The first-order chi connectivity index (χ1) is 17.3. The van der Waals surface area contributed by atoms with Gasteiger partial charge in [-0.05, 0) is 6.92 Å². The minimum absolute atomic E-state index is 0.140. The highest BCUT2D eigenvalue weighted by molar-refractivity contribution is 8.00. The number of aliphatic carboxylic acids is 1. The molecule has 1 fully saturated rings. The third-order valence-corrected chi connectivity index (χ3v) is 8.49. The fourth-order valence-electron chi connectivity index (χ4n) is 4.04. The number of carboxylic acids is 1.